The number of hydrogen-bond acceptors (Lipinski definition) is 1. The molecular formula is C17H30Cl2OSi3. The summed E-state index contributed by atoms with van der Waals surface area (Å²) in [4.78, 5) is 0. The maximum atomic E-state index is 6.80. The van der Waals surface area contributed by atoms with Crippen LogP contribution in [0.15, 0.2) is 18.2 Å². The summed E-state index contributed by atoms with van der Waals surface area (Å²) in [5.41, 5.74) is 4.72. The number of hydrogen-bond donors (Lipinski definition) is 0. The Morgan fingerprint density at radius 1 is 1.13 bits per heavy atom. The lowest BCUT2D eigenvalue weighted by Gasteiger charge is -2.54. The predicted molar refractivity (Wildman–Crippen MR) is 111 cm³/mol. The highest BCUT2D eigenvalue weighted by atomic mass is 35.6. The Balaban J connectivity index is 0.000000182. The van der Waals surface area contributed by atoms with Crippen LogP contribution in [0.3, 0.4) is 0 Å². The fraction of sp³-hybridized carbons (Fsp3) is 0.647. The second kappa shape index (κ2) is 6.29. The molecule has 2 unspecified atom stereocenters. The molecule has 2 atom stereocenters. The molecule has 0 amide bonds. The molecule has 0 radical (unpaired) electrons. The molecule has 1 aliphatic heterocycles. The van der Waals surface area contributed by atoms with Crippen molar-refractivity contribution < 1.29 is 4.43 Å². The van der Waals surface area contributed by atoms with Crippen LogP contribution < -0.4 is 0 Å². The molecule has 3 aliphatic rings. The van der Waals surface area contributed by atoms with Crippen molar-refractivity contribution in [3.05, 3.63) is 34.9 Å². The summed E-state index contributed by atoms with van der Waals surface area (Å²) in [7, 11) is -3.05. The summed E-state index contributed by atoms with van der Waals surface area (Å²) in [6.07, 6.45) is 2.45. The SMILES string of the molecule is CC1(Cl)C[Si](C)(Cl)[Si](C)(C)[Si](C)(C)O1.CCc1c2cccc1C2. The van der Waals surface area contributed by atoms with Crippen molar-refractivity contribution in [3.8, 4) is 0 Å². The van der Waals surface area contributed by atoms with E-state index in [-0.39, 0.29) is 0 Å². The van der Waals surface area contributed by atoms with Crippen molar-refractivity contribution in [3.63, 3.8) is 0 Å². The highest BCUT2D eigenvalue weighted by molar-refractivity contribution is 7.77. The van der Waals surface area contributed by atoms with Crippen LogP contribution in [0, 0.1) is 0 Å². The van der Waals surface area contributed by atoms with E-state index in [4.69, 9.17) is 27.1 Å². The molecule has 4 rings (SSSR count). The predicted octanol–water partition coefficient (Wildman–Crippen LogP) is 6.01. The van der Waals surface area contributed by atoms with Crippen LogP contribution >= 0.6 is 22.7 Å². The summed E-state index contributed by atoms with van der Waals surface area (Å²) in [6, 6.07) is 7.49. The first kappa shape index (κ1) is 19.7. The molecule has 0 N–H and O–H groups in total. The van der Waals surface area contributed by atoms with Gasteiger partial charge in [0.2, 0.25) is 0 Å². The third-order valence-electron chi connectivity index (χ3n) is 6.03. The van der Waals surface area contributed by atoms with Gasteiger partial charge in [0.15, 0.2) is 7.83 Å². The third-order valence-corrected chi connectivity index (χ3v) is 48.7. The minimum Gasteiger partial charge on any atom is -0.402 e. The van der Waals surface area contributed by atoms with Crippen LogP contribution in [0.5, 0.6) is 0 Å². The quantitative estimate of drug-likeness (QED) is 0.321. The van der Waals surface area contributed by atoms with Gasteiger partial charge in [-0.15, -0.1) is 0 Å². The van der Waals surface area contributed by atoms with Crippen LogP contribution in [-0.4, -0.2) is 26.9 Å². The lowest BCUT2D eigenvalue weighted by Crippen LogP contribution is -2.76. The van der Waals surface area contributed by atoms with Gasteiger partial charge in [0, 0.05) is 0 Å². The molecule has 0 saturated carbocycles. The molecule has 1 saturated heterocycles. The van der Waals surface area contributed by atoms with Gasteiger partial charge in [-0.25, -0.2) is 0 Å². The lowest BCUT2D eigenvalue weighted by atomic mass is 9.83. The topological polar surface area (TPSA) is 9.23 Å². The van der Waals surface area contributed by atoms with Crippen LogP contribution in [0.4, 0.5) is 0 Å². The van der Waals surface area contributed by atoms with Crippen LogP contribution in [0.1, 0.15) is 30.5 Å². The molecule has 130 valence electrons. The normalized spacial score (nSPS) is 33.3. The maximum Gasteiger partial charge on any atom is 0.175 e. The summed E-state index contributed by atoms with van der Waals surface area (Å²) in [6.45, 7) is 14.2. The molecule has 0 spiro atoms. The maximum absolute atomic E-state index is 6.80. The van der Waals surface area contributed by atoms with Crippen LogP contribution in [0.2, 0.25) is 38.8 Å². The Kier molecular flexibility index (Phi) is 5.40. The van der Waals surface area contributed by atoms with E-state index in [1.807, 2.05) is 6.92 Å². The molecule has 1 nitrogen and oxygen atoms in total. The minimum atomic E-state index is -1.67. The summed E-state index contributed by atoms with van der Waals surface area (Å²) in [5, 5.41) is -0.499. The second-order valence-electron chi connectivity index (χ2n) is 8.30. The molecule has 1 heterocycles. The van der Waals surface area contributed by atoms with Gasteiger partial charge in [0.25, 0.3) is 0 Å². The second-order valence-corrected chi connectivity index (χ2v) is 37.7. The van der Waals surface area contributed by atoms with Crippen molar-refractivity contribution in [1.29, 1.82) is 0 Å². The third kappa shape index (κ3) is 3.67. The fourth-order valence-corrected chi connectivity index (χ4v) is 37.3. The Morgan fingerprint density at radius 2 is 1.65 bits per heavy atom. The largest absolute Gasteiger partial charge is 0.402 e. The van der Waals surface area contributed by atoms with E-state index in [0.717, 1.165) is 6.04 Å². The average Bonchev–Trinajstić information content (AvgIpc) is 2.36. The Labute approximate surface area is 154 Å². The monoisotopic (exact) mass is 404 g/mol. The molecule has 2 aliphatic carbocycles. The lowest BCUT2D eigenvalue weighted by molar-refractivity contribution is 0.192. The van der Waals surface area contributed by atoms with Crippen molar-refractivity contribution in [2.24, 2.45) is 0 Å². The number of aryl methyl sites for hydroxylation is 1. The van der Waals surface area contributed by atoms with Crippen LogP contribution in [0.25, 0.3) is 0 Å². The van der Waals surface area contributed by atoms with Gasteiger partial charge < -0.3 is 4.43 Å². The molecule has 1 aromatic carbocycles. The van der Waals surface area contributed by atoms with Gasteiger partial charge >= 0.3 is 0 Å². The average molecular weight is 406 g/mol. The van der Waals surface area contributed by atoms with Gasteiger partial charge in [-0.05, 0) is 55.6 Å². The molecule has 0 aromatic heterocycles. The van der Waals surface area contributed by atoms with Crippen molar-refractivity contribution >= 4 is 44.5 Å². The Bertz CT molecular complexity index is 555. The first-order valence-corrected chi connectivity index (χ1v) is 20.5. The number of halogens is 2. The zero-order valence-electron chi connectivity index (χ0n) is 15.5. The number of benzene rings is 1. The first-order chi connectivity index (χ1) is 10.3. The van der Waals surface area contributed by atoms with E-state index in [2.05, 4.69) is 57.9 Å². The van der Waals surface area contributed by atoms with Crippen molar-refractivity contribution in [2.45, 2.75) is 70.5 Å². The van der Waals surface area contributed by atoms with E-state index in [0.29, 0.717) is 0 Å². The zero-order valence-corrected chi connectivity index (χ0v) is 20.0. The van der Waals surface area contributed by atoms with Gasteiger partial charge in [-0.2, -0.15) is 11.1 Å². The smallest absolute Gasteiger partial charge is 0.175 e. The van der Waals surface area contributed by atoms with E-state index in [1.54, 1.807) is 16.7 Å². The van der Waals surface area contributed by atoms with Gasteiger partial charge in [-0.1, -0.05) is 56.4 Å². The highest BCUT2D eigenvalue weighted by Gasteiger charge is 2.63. The van der Waals surface area contributed by atoms with E-state index >= 15 is 0 Å². The van der Waals surface area contributed by atoms with Gasteiger partial charge in [0.05, 0.1) is 7.11 Å². The number of fused-ring (bicyclic) bond motifs is 2. The van der Waals surface area contributed by atoms with E-state index in [1.165, 1.54) is 12.8 Å². The van der Waals surface area contributed by atoms with Gasteiger partial charge in [-0.3, -0.25) is 0 Å². The molecule has 6 heteroatoms. The molecule has 2 bridgehead atoms. The molecule has 1 fully saturated rings. The standard InChI is InChI=1S/C9H10.C8H20Cl2OSi3/c1-2-9-7-4-3-5-8(9)6-7;1-8(9)7-14(6,10)13(4,5)12(2,3)11-8/h3-5H,2,6H2,1H3;7H2,1-6H3. The van der Waals surface area contributed by atoms with Crippen molar-refractivity contribution in [2.75, 3.05) is 0 Å². The Morgan fingerprint density at radius 3 is 2.00 bits per heavy atom. The molecule has 1 aromatic rings. The summed E-state index contributed by atoms with van der Waals surface area (Å²) >= 11 is 13.2. The van der Waals surface area contributed by atoms with Gasteiger partial charge in [0.1, 0.15) is 12.0 Å². The van der Waals surface area contributed by atoms with Crippen molar-refractivity contribution in [1.82, 2.24) is 0 Å². The summed E-state index contributed by atoms with van der Waals surface area (Å²) < 4.78 is 6.13. The Hall–Kier alpha value is 0.411. The van der Waals surface area contributed by atoms with Crippen LogP contribution in [-0.2, 0) is 17.3 Å². The summed E-state index contributed by atoms with van der Waals surface area (Å²) in [5.74, 6) is 0. The number of rotatable bonds is 1. The molecule has 23 heavy (non-hydrogen) atoms. The van der Waals surface area contributed by atoms with E-state index in [9.17, 15) is 0 Å². The minimum absolute atomic E-state index is 0.499. The fourth-order valence-electron chi connectivity index (χ4n) is 3.71. The first-order valence-electron chi connectivity index (χ1n) is 8.51. The molecular weight excluding hydrogens is 375 g/mol. The number of alkyl halides is 1. The highest BCUT2D eigenvalue weighted by Crippen LogP contribution is 2.47. The zero-order chi connectivity index (χ0) is 17.7. The van der Waals surface area contributed by atoms with E-state index < -0.39 is 26.9 Å².